The van der Waals surface area contributed by atoms with Crippen molar-refractivity contribution in [2.45, 2.75) is 29.9 Å². The Morgan fingerprint density at radius 3 is 2.29 bits per heavy atom. The molecule has 0 radical (unpaired) electrons. The van der Waals surface area contributed by atoms with Crippen LogP contribution in [0.2, 0.25) is 0 Å². The molecule has 168 valence electrons. The summed E-state index contributed by atoms with van der Waals surface area (Å²) in [6, 6.07) is 11.3. The van der Waals surface area contributed by atoms with Gasteiger partial charge in [-0.2, -0.15) is 4.31 Å². The third-order valence-corrected chi connectivity index (χ3v) is 9.35. The molecular formula is C22H30N4O3S2. The first-order chi connectivity index (χ1) is 14.9. The van der Waals surface area contributed by atoms with Gasteiger partial charge in [0.1, 0.15) is 4.21 Å². The standard InChI is InChI=1S/C22H30N4O3S2/c1-24-13-15-25(16-14-24)19-7-5-18(6-8-19)23-21(27)17-20-9-10-22(30-20)31(28,29)26-11-3-2-4-12-26/h5-10H,2-4,11-17H2,1H3,(H,23,27). The maximum Gasteiger partial charge on any atom is 0.252 e. The van der Waals surface area contributed by atoms with Crippen molar-refractivity contribution in [3.63, 3.8) is 0 Å². The fourth-order valence-electron chi connectivity index (χ4n) is 4.01. The van der Waals surface area contributed by atoms with Crippen molar-refractivity contribution < 1.29 is 13.2 Å². The molecule has 2 aromatic rings. The predicted octanol–water partition coefficient (Wildman–Crippen LogP) is 2.86. The molecule has 0 spiro atoms. The molecule has 1 aromatic heterocycles. The number of likely N-dealkylation sites (N-methyl/N-ethyl adjacent to an activating group) is 1. The molecule has 4 rings (SSSR count). The van der Waals surface area contributed by atoms with E-state index in [4.69, 9.17) is 0 Å². The molecule has 2 fully saturated rings. The highest BCUT2D eigenvalue weighted by atomic mass is 32.2. The monoisotopic (exact) mass is 462 g/mol. The van der Waals surface area contributed by atoms with E-state index in [0.29, 0.717) is 17.3 Å². The highest BCUT2D eigenvalue weighted by Crippen LogP contribution is 2.27. The van der Waals surface area contributed by atoms with Crippen molar-refractivity contribution in [2.24, 2.45) is 0 Å². The fraction of sp³-hybridized carbons (Fsp3) is 0.500. The van der Waals surface area contributed by atoms with Gasteiger partial charge in [-0.1, -0.05) is 6.42 Å². The number of anilines is 2. The zero-order valence-corrected chi connectivity index (χ0v) is 19.6. The topological polar surface area (TPSA) is 73.0 Å². The molecule has 1 aromatic carbocycles. The highest BCUT2D eigenvalue weighted by molar-refractivity contribution is 7.91. The molecule has 0 atom stereocenters. The second-order valence-electron chi connectivity index (χ2n) is 8.25. The van der Waals surface area contributed by atoms with E-state index in [1.807, 2.05) is 24.3 Å². The summed E-state index contributed by atoms with van der Waals surface area (Å²) in [4.78, 5) is 17.9. The van der Waals surface area contributed by atoms with E-state index >= 15 is 0 Å². The Labute approximate surface area is 188 Å². The van der Waals surface area contributed by atoms with Gasteiger partial charge in [0.2, 0.25) is 5.91 Å². The first kappa shape index (κ1) is 22.3. The zero-order valence-electron chi connectivity index (χ0n) is 17.9. The van der Waals surface area contributed by atoms with E-state index in [-0.39, 0.29) is 12.3 Å². The van der Waals surface area contributed by atoms with Gasteiger partial charge >= 0.3 is 0 Å². The van der Waals surface area contributed by atoms with Crippen LogP contribution < -0.4 is 10.2 Å². The smallest absolute Gasteiger partial charge is 0.252 e. The lowest BCUT2D eigenvalue weighted by Gasteiger charge is -2.34. The molecule has 2 aliphatic heterocycles. The Kier molecular flexibility index (Phi) is 6.95. The second kappa shape index (κ2) is 9.68. The van der Waals surface area contributed by atoms with Gasteiger partial charge in [-0.25, -0.2) is 8.42 Å². The molecule has 2 saturated heterocycles. The van der Waals surface area contributed by atoms with Gasteiger partial charge in [-0.15, -0.1) is 11.3 Å². The molecule has 1 amide bonds. The third-order valence-electron chi connectivity index (χ3n) is 5.90. The van der Waals surface area contributed by atoms with Gasteiger partial charge in [0.15, 0.2) is 0 Å². The Balaban J connectivity index is 1.33. The van der Waals surface area contributed by atoms with Gasteiger partial charge in [0, 0.05) is 55.5 Å². The number of nitrogens with one attached hydrogen (secondary N) is 1. The Bertz CT molecular complexity index is 990. The fourth-order valence-corrected chi connectivity index (χ4v) is 7.03. The lowest BCUT2D eigenvalue weighted by molar-refractivity contribution is -0.115. The van der Waals surface area contributed by atoms with Crippen LogP contribution in [0.1, 0.15) is 24.1 Å². The number of carbonyl (C=O) groups excluding carboxylic acids is 1. The second-order valence-corrected chi connectivity index (χ2v) is 11.6. The zero-order chi connectivity index (χ0) is 21.8. The summed E-state index contributed by atoms with van der Waals surface area (Å²) in [5.41, 5.74) is 1.91. The summed E-state index contributed by atoms with van der Waals surface area (Å²) in [5, 5.41) is 2.92. The maximum absolute atomic E-state index is 12.8. The number of piperazine rings is 1. The van der Waals surface area contributed by atoms with Gasteiger partial charge in [0.05, 0.1) is 6.42 Å². The number of thiophene rings is 1. The molecule has 0 saturated carbocycles. The van der Waals surface area contributed by atoms with E-state index in [2.05, 4.69) is 22.2 Å². The number of sulfonamides is 1. The highest BCUT2D eigenvalue weighted by Gasteiger charge is 2.27. The average Bonchev–Trinajstić information content (AvgIpc) is 3.25. The van der Waals surface area contributed by atoms with Crippen LogP contribution in [-0.2, 0) is 21.2 Å². The maximum atomic E-state index is 12.8. The molecule has 9 heteroatoms. The molecule has 31 heavy (non-hydrogen) atoms. The molecule has 0 aliphatic carbocycles. The van der Waals surface area contributed by atoms with Crippen LogP contribution in [0.4, 0.5) is 11.4 Å². The number of hydrogen-bond donors (Lipinski definition) is 1. The molecule has 2 aliphatic rings. The number of hydrogen-bond acceptors (Lipinski definition) is 6. The van der Waals surface area contributed by atoms with Crippen LogP contribution in [0.3, 0.4) is 0 Å². The minimum Gasteiger partial charge on any atom is -0.369 e. The van der Waals surface area contributed by atoms with E-state index in [9.17, 15) is 13.2 Å². The summed E-state index contributed by atoms with van der Waals surface area (Å²) < 4.78 is 27.5. The Morgan fingerprint density at radius 1 is 0.935 bits per heavy atom. The van der Waals surface area contributed by atoms with Crippen molar-refractivity contribution in [1.29, 1.82) is 0 Å². The lowest BCUT2D eigenvalue weighted by atomic mass is 10.2. The van der Waals surface area contributed by atoms with Crippen molar-refractivity contribution in [1.82, 2.24) is 9.21 Å². The summed E-state index contributed by atoms with van der Waals surface area (Å²) in [6.45, 7) is 5.27. The predicted molar refractivity (Wildman–Crippen MR) is 125 cm³/mol. The van der Waals surface area contributed by atoms with Crippen LogP contribution in [0, 0.1) is 0 Å². The number of benzene rings is 1. The van der Waals surface area contributed by atoms with Crippen LogP contribution in [0.15, 0.2) is 40.6 Å². The molecule has 3 heterocycles. The van der Waals surface area contributed by atoms with Gasteiger partial charge < -0.3 is 15.1 Å². The van der Waals surface area contributed by atoms with Crippen LogP contribution in [0.5, 0.6) is 0 Å². The van der Waals surface area contributed by atoms with Crippen LogP contribution in [0.25, 0.3) is 0 Å². The van der Waals surface area contributed by atoms with Gasteiger partial charge in [0.25, 0.3) is 10.0 Å². The molecule has 0 unspecified atom stereocenters. The Hall–Kier alpha value is -1.94. The minimum absolute atomic E-state index is 0.142. The number of piperidine rings is 1. The first-order valence-electron chi connectivity index (χ1n) is 10.8. The summed E-state index contributed by atoms with van der Waals surface area (Å²) in [6.07, 6.45) is 3.07. The van der Waals surface area contributed by atoms with Crippen LogP contribution in [-0.4, -0.2) is 69.8 Å². The van der Waals surface area contributed by atoms with Gasteiger partial charge in [-0.05, 0) is 56.3 Å². The molecule has 0 bridgehead atoms. The van der Waals surface area contributed by atoms with Crippen molar-refractivity contribution in [3.05, 3.63) is 41.3 Å². The molecule has 7 nitrogen and oxygen atoms in total. The first-order valence-corrected chi connectivity index (χ1v) is 13.1. The van der Waals surface area contributed by atoms with E-state index in [1.165, 1.54) is 11.3 Å². The van der Waals surface area contributed by atoms with Gasteiger partial charge in [-0.3, -0.25) is 4.79 Å². The number of carbonyl (C=O) groups is 1. The molecule has 1 N–H and O–H groups in total. The normalized spacial score (nSPS) is 18.8. The largest absolute Gasteiger partial charge is 0.369 e. The van der Waals surface area contributed by atoms with Crippen molar-refractivity contribution in [2.75, 3.05) is 56.5 Å². The average molecular weight is 463 g/mol. The Morgan fingerprint density at radius 2 is 1.61 bits per heavy atom. The van der Waals surface area contributed by atoms with Crippen LogP contribution >= 0.6 is 11.3 Å². The summed E-state index contributed by atoms with van der Waals surface area (Å²) in [7, 11) is -1.31. The number of amides is 1. The summed E-state index contributed by atoms with van der Waals surface area (Å²) >= 11 is 1.19. The lowest BCUT2D eigenvalue weighted by Crippen LogP contribution is -2.44. The minimum atomic E-state index is -3.44. The quantitative estimate of drug-likeness (QED) is 0.715. The van der Waals surface area contributed by atoms with E-state index in [0.717, 1.165) is 61.7 Å². The molecular weight excluding hydrogens is 432 g/mol. The van der Waals surface area contributed by atoms with E-state index in [1.54, 1.807) is 16.4 Å². The van der Waals surface area contributed by atoms with E-state index < -0.39 is 10.0 Å². The third kappa shape index (κ3) is 5.46. The number of nitrogens with zero attached hydrogens (tertiary/aromatic N) is 3. The summed E-state index contributed by atoms with van der Waals surface area (Å²) in [5.74, 6) is -0.142. The number of rotatable bonds is 6. The van der Waals surface area contributed by atoms with Crippen molar-refractivity contribution >= 4 is 38.6 Å². The van der Waals surface area contributed by atoms with Crippen molar-refractivity contribution in [3.8, 4) is 0 Å². The SMILES string of the molecule is CN1CCN(c2ccc(NC(=O)Cc3ccc(S(=O)(=O)N4CCCCC4)s3)cc2)CC1.